The third-order valence-corrected chi connectivity index (χ3v) is 5.21. The SMILES string of the molecule is COC(=O)c1ccc(COc2ccc(CCN3C(=O)c4ccccc4C3=O)cc2)cc1. The van der Waals surface area contributed by atoms with E-state index in [1.165, 1.54) is 12.0 Å². The molecule has 1 aliphatic heterocycles. The van der Waals surface area contributed by atoms with Gasteiger partial charge in [0.05, 0.1) is 23.8 Å². The van der Waals surface area contributed by atoms with E-state index in [-0.39, 0.29) is 17.8 Å². The fraction of sp³-hybridized carbons (Fsp3) is 0.160. The molecule has 156 valence electrons. The van der Waals surface area contributed by atoms with Crippen LogP contribution in [0.2, 0.25) is 0 Å². The molecule has 2 amide bonds. The average molecular weight is 415 g/mol. The summed E-state index contributed by atoms with van der Waals surface area (Å²) >= 11 is 0. The second-order valence-electron chi connectivity index (χ2n) is 7.18. The summed E-state index contributed by atoms with van der Waals surface area (Å²) in [4.78, 5) is 37.6. The summed E-state index contributed by atoms with van der Waals surface area (Å²) in [5, 5.41) is 0. The molecule has 0 N–H and O–H groups in total. The maximum absolute atomic E-state index is 12.4. The first-order valence-electron chi connectivity index (χ1n) is 9.91. The summed E-state index contributed by atoms with van der Waals surface area (Å²) in [5.74, 6) is -0.136. The Kier molecular flexibility index (Phi) is 5.80. The van der Waals surface area contributed by atoms with Crippen LogP contribution < -0.4 is 4.74 Å². The van der Waals surface area contributed by atoms with Crippen LogP contribution in [0, 0.1) is 0 Å². The van der Waals surface area contributed by atoms with E-state index < -0.39 is 0 Å². The molecule has 0 saturated carbocycles. The zero-order valence-corrected chi connectivity index (χ0v) is 17.0. The molecular formula is C25H21NO5. The number of nitrogens with zero attached hydrogens (tertiary/aromatic N) is 1. The molecule has 0 fully saturated rings. The van der Waals surface area contributed by atoms with Gasteiger partial charge in [0.1, 0.15) is 12.4 Å². The Morgan fingerprint density at radius 1 is 0.806 bits per heavy atom. The van der Waals surface area contributed by atoms with Crippen LogP contribution in [0.5, 0.6) is 5.75 Å². The Morgan fingerprint density at radius 3 is 1.97 bits per heavy atom. The van der Waals surface area contributed by atoms with Crippen LogP contribution in [-0.2, 0) is 17.8 Å². The molecule has 6 nitrogen and oxygen atoms in total. The van der Waals surface area contributed by atoms with Gasteiger partial charge in [-0.05, 0) is 53.9 Å². The van der Waals surface area contributed by atoms with Gasteiger partial charge in [0.15, 0.2) is 0 Å². The maximum atomic E-state index is 12.4. The fourth-order valence-corrected chi connectivity index (χ4v) is 3.46. The molecule has 0 aliphatic carbocycles. The van der Waals surface area contributed by atoms with Crippen LogP contribution in [-0.4, -0.2) is 36.3 Å². The number of hydrogen-bond acceptors (Lipinski definition) is 5. The Labute approximate surface area is 180 Å². The predicted molar refractivity (Wildman–Crippen MR) is 114 cm³/mol. The van der Waals surface area contributed by atoms with Crippen molar-refractivity contribution < 1.29 is 23.9 Å². The van der Waals surface area contributed by atoms with Gasteiger partial charge in [-0.3, -0.25) is 14.5 Å². The number of amides is 2. The minimum atomic E-state index is -0.371. The highest BCUT2D eigenvalue weighted by molar-refractivity contribution is 6.21. The topological polar surface area (TPSA) is 72.9 Å². The van der Waals surface area contributed by atoms with E-state index >= 15 is 0 Å². The lowest BCUT2D eigenvalue weighted by Crippen LogP contribution is -2.31. The van der Waals surface area contributed by atoms with Gasteiger partial charge in [0.25, 0.3) is 11.8 Å². The van der Waals surface area contributed by atoms with Gasteiger partial charge in [-0.25, -0.2) is 4.79 Å². The molecule has 3 aromatic carbocycles. The monoisotopic (exact) mass is 415 g/mol. The van der Waals surface area contributed by atoms with Gasteiger partial charge >= 0.3 is 5.97 Å². The number of carbonyl (C=O) groups is 3. The number of hydrogen-bond donors (Lipinski definition) is 0. The molecule has 31 heavy (non-hydrogen) atoms. The second kappa shape index (κ2) is 8.83. The summed E-state index contributed by atoms with van der Waals surface area (Å²) in [6.45, 7) is 0.703. The zero-order valence-electron chi connectivity index (χ0n) is 17.0. The normalized spacial score (nSPS) is 12.6. The number of esters is 1. The van der Waals surface area contributed by atoms with Crippen LogP contribution in [0.1, 0.15) is 42.2 Å². The Morgan fingerprint density at radius 2 is 1.39 bits per heavy atom. The highest BCUT2D eigenvalue weighted by Gasteiger charge is 2.34. The smallest absolute Gasteiger partial charge is 0.337 e. The molecule has 1 aliphatic rings. The fourth-order valence-electron chi connectivity index (χ4n) is 3.46. The number of fused-ring (bicyclic) bond motifs is 1. The number of ether oxygens (including phenoxy) is 2. The lowest BCUT2D eigenvalue weighted by molar-refractivity contribution is 0.0598. The summed E-state index contributed by atoms with van der Waals surface area (Å²) in [6.07, 6.45) is 0.570. The third kappa shape index (κ3) is 4.33. The van der Waals surface area contributed by atoms with Crippen molar-refractivity contribution >= 4 is 17.8 Å². The van der Waals surface area contributed by atoms with E-state index in [1.807, 2.05) is 36.4 Å². The van der Waals surface area contributed by atoms with Gasteiger partial charge in [-0.15, -0.1) is 0 Å². The summed E-state index contributed by atoms with van der Waals surface area (Å²) in [7, 11) is 1.35. The minimum Gasteiger partial charge on any atom is -0.489 e. The maximum Gasteiger partial charge on any atom is 0.337 e. The molecule has 0 spiro atoms. The number of benzene rings is 3. The van der Waals surface area contributed by atoms with Crippen molar-refractivity contribution in [2.24, 2.45) is 0 Å². The molecule has 0 atom stereocenters. The van der Waals surface area contributed by atoms with Crippen LogP contribution in [0.15, 0.2) is 72.8 Å². The van der Waals surface area contributed by atoms with Gasteiger partial charge in [-0.2, -0.15) is 0 Å². The van der Waals surface area contributed by atoms with E-state index in [9.17, 15) is 14.4 Å². The van der Waals surface area contributed by atoms with Crippen LogP contribution >= 0.6 is 0 Å². The molecule has 0 radical (unpaired) electrons. The molecular weight excluding hydrogens is 394 g/mol. The molecule has 0 bridgehead atoms. The van der Waals surface area contributed by atoms with E-state index in [0.29, 0.717) is 42.0 Å². The first-order chi connectivity index (χ1) is 15.1. The summed E-state index contributed by atoms with van der Waals surface area (Å²) < 4.78 is 10.5. The van der Waals surface area contributed by atoms with Gasteiger partial charge < -0.3 is 9.47 Å². The Balaban J connectivity index is 1.30. The molecule has 1 heterocycles. The van der Waals surface area contributed by atoms with Crippen LogP contribution in [0.3, 0.4) is 0 Å². The van der Waals surface area contributed by atoms with Gasteiger partial charge in [0.2, 0.25) is 0 Å². The summed E-state index contributed by atoms with van der Waals surface area (Å²) in [5.41, 5.74) is 3.37. The second-order valence-corrected chi connectivity index (χ2v) is 7.18. The molecule has 6 heteroatoms. The number of carbonyl (C=O) groups excluding carboxylic acids is 3. The van der Waals surface area contributed by atoms with E-state index in [1.54, 1.807) is 36.4 Å². The number of rotatable bonds is 7. The third-order valence-electron chi connectivity index (χ3n) is 5.21. The van der Waals surface area contributed by atoms with Crippen molar-refractivity contribution in [3.05, 3.63) is 101 Å². The lowest BCUT2D eigenvalue weighted by Gasteiger charge is -2.14. The predicted octanol–water partition coefficient (Wildman–Crippen LogP) is 3.89. The van der Waals surface area contributed by atoms with Gasteiger partial charge in [0, 0.05) is 6.54 Å². The van der Waals surface area contributed by atoms with Crippen molar-refractivity contribution in [2.75, 3.05) is 13.7 Å². The quantitative estimate of drug-likeness (QED) is 0.432. The van der Waals surface area contributed by atoms with Gasteiger partial charge in [-0.1, -0.05) is 36.4 Å². The van der Waals surface area contributed by atoms with E-state index in [4.69, 9.17) is 4.74 Å². The Hall–Kier alpha value is -3.93. The highest BCUT2D eigenvalue weighted by Crippen LogP contribution is 2.23. The summed E-state index contributed by atoms with van der Waals surface area (Å²) in [6, 6.07) is 21.5. The highest BCUT2D eigenvalue weighted by atomic mass is 16.5. The van der Waals surface area contributed by atoms with Crippen molar-refractivity contribution in [1.82, 2.24) is 4.90 Å². The van der Waals surface area contributed by atoms with Crippen molar-refractivity contribution in [2.45, 2.75) is 13.0 Å². The molecule has 3 aromatic rings. The van der Waals surface area contributed by atoms with Crippen LogP contribution in [0.4, 0.5) is 0 Å². The van der Waals surface area contributed by atoms with Crippen molar-refractivity contribution in [1.29, 1.82) is 0 Å². The Bertz CT molecular complexity index is 1080. The largest absolute Gasteiger partial charge is 0.489 e. The molecule has 4 rings (SSSR count). The first kappa shape index (κ1) is 20.3. The standard InChI is InChI=1S/C25H21NO5/c1-30-25(29)19-10-6-18(7-11-19)16-31-20-12-8-17(9-13-20)14-15-26-23(27)21-4-2-3-5-22(21)24(26)28/h2-13H,14-16H2,1H3. The lowest BCUT2D eigenvalue weighted by atomic mass is 10.1. The first-order valence-corrected chi connectivity index (χ1v) is 9.91. The minimum absolute atomic E-state index is 0.237. The van der Waals surface area contributed by atoms with E-state index in [0.717, 1.165) is 11.1 Å². The molecule has 0 saturated heterocycles. The number of imide groups is 1. The molecule has 0 unspecified atom stereocenters. The van der Waals surface area contributed by atoms with Crippen molar-refractivity contribution in [3.8, 4) is 5.75 Å². The van der Waals surface area contributed by atoms with Crippen molar-refractivity contribution in [3.63, 3.8) is 0 Å². The molecule has 0 aromatic heterocycles. The van der Waals surface area contributed by atoms with Crippen LogP contribution in [0.25, 0.3) is 0 Å². The average Bonchev–Trinajstić information content (AvgIpc) is 3.06. The van der Waals surface area contributed by atoms with E-state index in [2.05, 4.69) is 4.74 Å². The number of methoxy groups -OCH3 is 1. The zero-order chi connectivity index (χ0) is 21.8.